The summed E-state index contributed by atoms with van der Waals surface area (Å²) in [5.74, 6) is 0. The Labute approximate surface area is 74.5 Å². The van der Waals surface area contributed by atoms with E-state index >= 15 is 0 Å². The summed E-state index contributed by atoms with van der Waals surface area (Å²) in [6.45, 7) is 10.5. The molecule has 0 unspecified atom stereocenters. The molecule has 12 heavy (non-hydrogen) atoms. The maximum Gasteiger partial charge on any atom is 0.130 e. The Morgan fingerprint density at radius 1 is 1.33 bits per heavy atom. The van der Waals surface area contributed by atoms with Gasteiger partial charge < -0.3 is 0 Å². The monoisotopic (exact) mass is 168 g/mol. The van der Waals surface area contributed by atoms with Gasteiger partial charge in [-0.3, -0.25) is 0 Å². The summed E-state index contributed by atoms with van der Waals surface area (Å²) in [4.78, 5) is 0. The number of rotatable bonds is 3. The summed E-state index contributed by atoms with van der Waals surface area (Å²) in [5, 5.41) is 0. The standard InChI is InChI=1S/C11H17F/c1-6-7-10(8-9(2)3)11(4,5)12/h6-8H,1H2,2-5H3. The molecule has 0 heterocycles. The fourth-order valence-corrected chi connectivity index (χ4v) is 0.856. The molecule has 0 radical (unpaired) electrons. The van der Waals surface area contributed by atoms with Gasteiger partial charge >= 0.3 is 0 Å². The first-order valence-corrected chi connectivity index (χ1v) is 4.05. The van der Waals surface area contributed by atoms with Gasteiger partial charge in [0.1, 0.15) is 5.67 Å². The predicted octanol–water partition coefficient (Wildman–Crippen LogP) is 3.81. The van der Waals surface area contributed by atoms with Crippen LogP contribution in [-0.4, -0.2) is 5.67 Å². The van der Waals surface area contributed by atoms with Crippen LogP contribution in [-0.2, 0) is 0 Å². The zero-order chi connectivity index (χ0) is 9.78. The van der Waals surface area contributed by atoms with Crippen molar-refractivity contribution in [2.75, 3.05) is 0 Å². The zero-order valence-corrected chi connectivity index (χ0v) is 8.32. The molecule has 0 aromatic rings. The average molecular weight is 168 g/mol. The van der Waals surface area contributed by atoms with Crippen LogP contribution < -0.4 is 0 Å². The van der Waals surface area contributed by atoms with Crippen molar-refractivity contribution in [3.63, 3.8) is 0 Å². The minimum atomic E-state index is -1.29. The van der Waals surface area contributed by atoms with Gasteiger partial charge in [-0.15, -0.1) is 0 Å². The third kappa shape index (κ3) is 4.12. The largest absolute Gasteiger partial charge is 0.239 e. The number of hydrogen-bond donors (Lipinski definition) is 0. The molecular formula is C11H17F. The molecule has 0 rings (SSSR count). The van der Waals surface area contributed by atoms with E-state index in [1.54, 1.807) is 26.0 Å². The Balaban J connectivity index is 4.82. The second kappa shape index (κ2) is 4.24. The van der Waals surface area contributed by atoms with Gasteiger partial charge in [-0.1, -0.05) is 30.4 Å². The van der Waals surface area contributed by atoms with Crippen LogP contribution in [0.5, 0.6) is 0 Å². The molecule has 0 aromatic carbocycles. The van der Waals surface area contributed by atoms with Crippen molar-refractivity contribution in [3.8, 4) is 0 Å². The smallest absolute Gasteiger partial charge is 0.130 e. The van der Waals surface area contributed by atoms with Crippen molar-refractivity contribution in [1.29, 1.82) is 0 Å². The molecule has 0 bridgehead atoms. The molecular weight excluding hydrogens is 151 g/mol. The van der Waals surface area contributed by atoms with Gasteiger partial charge in [-0.2, -0.15) is 0 Å². The average Bonchev–Trinajstić information content (AvgIpc) is 1.83. The second-order valence-corrected chi connectivity index (χ2v) is 3.55. The molecule has 0 saturated heterocycles. The van der Waals surface area contributed by atoms with Gasteiger partial charge in [0.2, 0.25) is 0 Å². The van der Waals surface area contributed by atoms with Crippen molar-refractivity contribution in [1.82, 2.24) is 0 Å². The van der Waals surface area contributed by atoms with E-state index < -0.39 is 5.67 Å². The number of halogens is 1. The van der Waals surface area contributed by atoms with E-state index in [0.717, 1.165) is 5.57 Å². The Morgan fingerprint density at radius 3 is 2.08 bits per heavy atom. The third-order valence-corrected chi connectivity index (χ3v) is 1.43. The summed E-state index contributed by atoms with van der Waals surface area (Å²) in [7, 11) is 0. The van der Waals surface area contributed by atoms with Gasteiger partial charge in [0.15, 0.2) is 0 Å². The first-order valence-electron chi connectivity index (χ1n) is 4.05. The van der Waals surface area contributed by atoms with E-state index in [2.05, 4.69) is 6.58 Å². The lowest BCUT2D eigenvalue weighted by Gasteiger charge is -2.15. The van der Waals surface area contributed by atoms with Gasteiger partial charge in [0.25, 0.3) is 0 Å². The lowest BCUT2D eigenvalue weighted by molar-refractivity contribution is 0.274. The van der Waals surface area contributed by atoms with E-state index in [1.165, 1.54) is 0 Å². The highest BCUT2D eigenvalue weighted by Gasteiger charge is 2.18. The molecule has 0 saturated carbocycles. The summed E-state index contributed by atoms with van der Waals surface area (Å²) in [6, 6.07) is 0. The normalized spacial score (nSPS) is 12.6. The van der Waals surface area contributed by atoms with Gasteiger partial charge in [0.05, 0.1) is 0 Å². The first-order chi connectivity index (χ1) is 5.38. The van der Waals surface area contributed by atoms with Crippen LogP contribution in [0.25, 0.3) is 0 Å². The zero-order valence-electron chi connectivity index (χ0n) is 8.32. The van der Waals surface area contributed by atoms with Crippen LogP contribution in [0.2, 0.25) is 0 Å². The van der Waals surface area contributed by atoms with Crippen LogP contribution in [0.15, 0.2) is 36.0 Å². The maximum absolute atomic E-state index is 13.4. The highest BCUT2D eigenvalue weighted by molar-refractivity contribution is 5.32. The highest BCUT2D eigenvalue weighted by Crippen LogP contribution is 2.22. The summed E-state index contributed by atoms with van der Waals surface area (Å²) >= 11 is 0. The quantitative estimate of drug-likeness (QED) is 0.562. The van der Waals surface area contributed by atoms with Crippen LogP contribution >= 0.6 is 0 Å². The van der Waals surface area contributed by atoms with Crippen LogP contribution in [0.4, 0.5) is 4.39 Å². The number of allylic oxidation sites excluding steroid dienone is 5. The molecule has 1 heteroatoms. The third-order valence-electron chi connectivity index (χ3n) is 1.43. The van der Waals surface area contributed by atoms with E-state index in [4.69, 9.17) is 0 Å². The van der Waals surface area contributed by atoms with Crippen molar-refractivity contribution in [2.24, 2.45) is 0 Å². The minimum absolute atomic E-state index is 0.664. The Morgan fingerprint density at radius 2 is 1.83 bits per heavy atom. The first kappa shape index (κ1) is 11.2. The lowest BCUT2D eigenvalue weighted by Crippen LogP contribution is -2.14. The molecule has 0 aliphatic carbocycles. The van der Waals surface area contributed by atoms with E-state index in [9.17, 15) is 4.39 Å². The topological polar surface area (TPSA) is 0 Å². The minimum Gasteiger partial charge on any atom is -0.239 e. The summed E-state index contributed by atoms with van der Waals surface area (Å²) in [5.41, 5.74) is 0.470. The maximum atomic E-state index is 13.4. The number of hydrogen-bond acceptors (Lipinski definition) is 0. The molecule has 68 valence electrons. The van der Waals surface area contributed by atoms with Crippen LogP contribution in [0, 0.1) is 0 Å². The van der Waals surface area contributed by atoms with Crippen LogP contribution in [0.1, 0.15) is 27.7 Å². The van der Waals surface area contributed by atoms with E-state index in [1.807, 2.05) is 19.9 Å². The van der Waals surface area contributed by atoms with Crippen molar-refractivity contribution in [2.45, 2.75) is 33.4 Å². The van der Waals surface area contributed by atoms with Crippen molar-refractivity contribution >= 4 is 0 Å². The van der Waals surface area contributed by atoms with Crippen molar-refractivity contribution < 1.29 is 4.39 Å². The fourth-order valence-electron chi connectivity index (χ4n) is 0.856. The molecule has 0 amide bonds. The molecule has 0 atom stereocenters. The molecule has 0 aromatic heterocycles. The Kier molecular flexibility index (Phi) is 3.94. The lowest BCUT2D eigenvalue weighted by atomic mass is 9.98. The van der Waals surface area contributed by atoms with Crippen molar-refractivity contribution in [3.05, 3.63) is 36.0 Å². The van der Waals surface area contributed by atoms with E-state index in [0.29, 0.717) is 5.57 Å². The molecule has 0 spiro atoms. The number of alkyl halides is 1. The SMILES string of the molecule is C=CC=C(C=C(C)C)C(C)(C)F. The van der Waals surface area contributed by atoms with Crippen LogP contribution in [0.3, 0.4) is 0 Å². The molecule has 0 nitrogen and oxygen atoms in total. The molecule has 0 aliphatic rings. The Bertz CT molecular complexity index is 210. The van der Waals surface area contributed by atoms with Gasteiger partial charge in [0, 0.05) is 0 Å². The highest BCUT2D eigenvalue weighted by atomic mass is 19.1. The summed E-state index contributed by atoms with van der Waals surface area (Å²) in [6.07, 6.45) is 5.14. The van der Waals surface area contributed by atoms with Gasteiger partial charge in [-0.05, 0) is 33.3 Å². The molecule has 0 aliphatic heterocycles. The molecule has 0 fully saturated rings. The summed E-state index contributed by atoms with van der Waals surface area (Å²) < 4.78 is 13.4. The van der Waals surface area contributed by atoms with E-state index in [-0.39, 0.29) is 0 Å². The molecule has 0 N–H and O–H groups in total. The fraction of sp³-hybridized carbons (Fsp3) is 0.455. The van der Waals surface area contributed by atoms with Gasteiger partial charge in [-0.25, -0.2) is 4.39 Å². The second-order valence-electron chi connectivity index (χ2n) is 3.55. The predicted molar refractivity (Wildman–Crippen MR) is 52.9 cm³/mol. The Hall–Kier alpha value is -0.850.